The van der Waals surface area contributed by atoms with Gasteiger partial charge in [0.1, 0.15) is 5.75 Å². The number of rotatable bonds is 7. The number of carbonyl (C=O) groups is 1. The quantitative estimate of drug-likeness (QED) is 0.824. The van der Waals surface area contributed by atoms with Crippen LogP contribution in [0.15, 0.2) is 24.3 Å². The van der Waals surface area contributed by atoms with Crippen molar-refractivity contribution in [2.24, 2.45) is 5.92 Å². The number of carboxylic acid groups (broad SMARTS) is 1. The Hall–Kier alpha value is -1.36. The molecule has 0 heterocycles. The van der Waals surface area contributed by atoms with Gasteiger partial charge in [0.15, 0.2) is 0 Å². The predicted octanol–water partition coefficient (Wildman–Crippen LogP) is 2.17. The fourth-order valence-corrected chi connectivity index (χ4v) is 2.58. The molecule has 1 aromatic carbocycles. The molecule has 0 aliphatic rings. The Kier molecular flexibility index (Phi) is 5.85. The van der Waals surface area contributed by atoms with Gasteiger partial charge in [-0.3, -0.25) is 4.21 Å². The molecule has 1 unspecified atom stereocenters. The third kappa shape index (κ3) is 5.31. The second-order valence-electron chi connectivity index (χ2n) is 4.38. The molecule has 0 spiro atoms. The van der Waals surface area contributed by atoms with Gasteiger partial charge in [0.2, 0.25) is 0 Å². The van der Waals surface area contributed by atoms with Crippen LogP contribution >= 0.6 is 0 Å². The van der Waals surface area contributed by atoms with Gasteiger partial charge in [-0.15, -0.1) is 0 Å². The van der Waals surface area contributed by atoms with Crippen LogP contribution < -0.4 is 4.74 Å². The van der Waals surface area contributed by atoms with Crippen LogP contribution in [0, 0.1) is 5.92 Å². The van der Waals surface area contributed by atoms with Crippen molar-refractivity contribution in [3.05, 3.63) is 29.8 Å². The van der Waals surface area contributed by atoms with Gasteiger partial charge in [-0.2, -0.15) is 0 Å². The molecule has 0 radical (unpaired) electrons. The fraction of sp³-hybridized carbons (Fsp3) is 0.462. The van der Waals surface area contributed by atoms with Crippen molar-refractivity contribution in [1.29, 1.82) is 0 Å². The molecule has 1 rings (SSSR count). The minimum atomic E-state index is -0.959. The molecule has 0 bridgehead atoms. The first-order valence-electron chi connectivity index (χ1n) is 5.80. The van der Waals surface area contributed by atoms with Gasteiger partial charge < -0.3 is 9.84 Å². The normalized spacial score (nSPS) is 12.4. The molecule has 0 saturated heterocycles. The molecule has 0 aromatic heterocycles. The number of hydrogen-bond acceptors (Lipinski definition) is 3. The monoisotopic (exact) mass is 270 g/mol. The van der Waals surface area contributed by atoms with Crippen LogP contribution in [0.2, 0.25) is 0 Å². The highest BCUT2D eigenvalue weighted by atomic mass is 32.2. The van der Waals surface area contributed by atoms with Gasteiger partial charge in [0, 0.05) is 16.6 Å². The van der Waals surface area contributed by atoms with E-state index in [9.17, 15) is 9.00 Å². The molecule has 1 N–H and O–H groups in total. The zero-order chi connectivity index (χ0) is 13.5. The van der Waals surface area contributed by atoms with E-state index in [0.29, 0.717) is 29.8 Å². The molecule has 0 amide bonds. The Morgan fingerprint density at radius 1 is 1.33 bits per heavy atom. The highest BCUT2D eigenvalue weighted by molar-refractivity contribution is 7.85. The summed E-state index contributed by atoms with van der Waals surface area (Å²) in [6, 6.07) is 6.19. The minimum absolute atomic E-state index is 0.228. The lowest BCUT2D eigenvalue weighted by atomic mass is 10.2. The van der Waals surface area contributed by atoms with Gasteiger partial charge >= 0.3 is 5.97 Å². The van der Waals surface area contributed by atoms with Crippen LogP contribution in [0.25, 0.3) is 0 Å². The zero-order valence-corrected chi connectivity index (χ0v) is 11.4. The second kappa shape index (κ2) is 7.16. The maximum absolute atomic E-state index is 11.5. The first-order chi connectivity index (χ1) is 8.49. The molecule has 1 aromatic rings. The van der Waals surface area contributed by atoms with E-state index in [1.165, 1.54) is 12.1 Å². The smallest absolute Gasteiger partial charge is 0.335 e. The number of ether oxygens (including phenoxy) is 1. The van der Waals surface area contributed by atoms with Crippen LogP contribution in [0.5, 0.6) is 5.75 Å². The lowest BCUT2D eigenvalue weighted by molar-refractivity contribution is 0.0697. The second-order valence-corrected chi connectivity index (χ2v) is 6.00. The molecule has 0 aliphatic carbocycles. The molecule has 18 heavy (non-hydrogen) atoms. The highest BCUT2D eigenvalue weighted by Gasteiger charge is 2.05. The Morgan fingerprint density at radius 3 is 2.44 bits per heavy atom. The Balaban J connectivity index is 2.35. The molecular formula is C13H18O4S. The molecule has 0 saturated carbocycles. The third-order valence-corrected chi connectivity index (χ3v) is 3.86. The van der Waals surface area contributed by atoms with Crippen molar-refractivity contribution in [2.45, 2.75) is 13.8 Å². The van der Waals surface area contributed by atoms with E-state index >= 15 is 0 Å². The summed E-state index contributed by atoms with van der Waals surface area (Å²) in [5.41, 5.74) is 0.228. The maximum atomic E-state index is 11.5. The van der Waals surface area contributed by atoms with Gasteiger partial charge in [-0.25, -0.2) is 4.79 Å². The Bertz CT molecular complexity index is 412. The van der Waals surface area contributed by atoms with Crippen LogP contribution in [-0.4, -0.2) is 33.4 Å². The highest BCUT2D eigenvalue weighted by Crippen LogP contribution is 2.12. The van der Waals surface area contributed by atoms with E-state index in [-0.39, 0.29) is 5.56 Å². The first-order valence-corrected chi connectivity index (χ1v) is 7.29. The van der Waals surface area contributed by atoms with Crippen molar-refractivity contribution in [3.8, 4) is 5.75 Å². The van der Waals surface area contributed by atoms with Gasteiger partial charge in [-0.1, -0.05) is 13.8 Å². The molecule has 0 aliphatic heterocycles. The molecule has 0 fully saturated rings. The lowest BCUT2D eigenvalue weighted by Gasteiger charge is -2.07. The number of benzene rings is 1. The van der Waals surface area contributed by atoms with E-state index in [4.69, 9.17) is 9.84 Å². The molecular weight excluding hydrogens is 252 g/mol. The van der Waals surface area contributed by atoms with E-state index < -0.39 is 16.8 Å². The molecule has 5 heteroatoms. The Morgan fingerprint density at radius 2 is 1.94 bits per heavy atom. The summed E-state index contributed by atoms with van der Waals surface area (Å²) >= 11 is 0. The predicted molar refractivity (Wildman–Crippen MR) is 71.6 cm³/mol. The summed E-state index contributed by atoms with van der Waals surface area (Å²) in [6.07, 6.45) is 0. The number of aromatic carboxylic acids is 1. The SMILES string of the molecule is CC(C)CS(=O)CCOc1ccc(C(=O)O)cc1. The van der Waals surface area contributed by atoms with Gasteiger partial charge in [-0.05, 0) is 30.2 Å². The molecule has 100 valence electrons. The van der Waals surface area contributed by atoms with E-state index in [2.05, 4.69) is 0 Å². The number of hydrogen-bond donors (Lipinski definition) is 1. The van der Waals surface area contributed by atoms with Crippen molar-refractivity contribution < 1.29 is 18.8 Å². The summed E-state index contributed by atoms with van der Waals surface area (Å²) in [5.74, 6) is 1.24. The van der Waals surface area contributed by atoms with Gasteiger partial charge in [0.05, 0.1) is 17.9 Å². The summed E-state index contributed by atoms with van der Waals surface area (Å²) in [5, 5.41) is 8.73. The summed E-state index contributed by atoms with van der Waals surface area (Å²) in [4.78, 5) is 10.6. The summed E-state index contributed by atoms with van der Waals surface area (Å²) < 4.78 is 16.9. The van der Waals surface area contributed by atoms with Crippen molar-refractivity contribution >= 4 is 16.8 Å². The van der Waals surface area contributed by atoms with Crippen LogP contribution in [0.3, 0.4) is 0 Å². The van der Waals surface area contributed by atoms with Crippen LogP contribution in [-0.2, 0) is 10.8 Å². The van der Waals surface area contributed by atoms with Crippen molar-refractivity contribution in [1.82, 2.24) is 0 Å². The first kappa shape index (κ1) is 14.7. The largest absolute Gasteiger partial charge is 0.493 e. The molecule has 4 nitrogen and oxygen atoms in total. The minimum Gasteiger partial charge on any atom is -0.493 e. The standard InChI is InChI=1S/C13H18O4S/c1-10(2)9-18(16)8-7-17-12-5-3-11(4-6-12)13(14)15/h3-6,10H,7-9H2,1-2H3,(H,14,15). The van der Waals surface area contributed by atoms with Crippen LogP contribution in [0.4, 0.5) is 0 Å². The Labute approximate surface area is 109 Å². The van der Waals surface area contributed by atoms with Crippen molar-refractivity contribution in [2.75, 3.05) is 18.1 Å². The zero-order valence-electron chi connectivity index (χ0n) is 10.6. The summed E-state index contributed by atoms with van der Waals surface area (Å²) in [7, 11) is -0.855. The topological polar surface area (TPSA) is 63.6 Å². The fourth-order valence-electron chi connectivity index (χ4n) is 1.40. The van der Waals surface area contributed by atoms with E-state index in [1.807, 2.05) is 13.8 Å². The lowest BCUT2D eigenvalue weighted by Crippen LogP contribution is -2.13. The maximum Gasteiger partial charge on any atom is 0.335 e. The average Bonchev–Trinajstić information content (AvgIpc) is 2.28. The van der Waals surface area contributed by atoms with E-state index in [1.54, 1.807) is 12.1 Å². The average molecular weight is 270 g/mol. The number of carboxylic acids is 1. The van der Waals surface area contributed by atoms with Crippen LogP contribution in [0.1, 0.15) is 24.2 Å². The van der Waals surface area contributed by atoms with E-state index in [0.717, 1.165) is 0 Å². The van der Waals surface area contributed by atoms with Crippen molar-refractivity contribution in [3.63, 3.8) is 0 Å². The summed E-state index contributed by atoms with van der Waals surface area (Å²) in [6.45, 7) is 4.44. The molecule has 1 atom stereocenters. The van der Waals surface area contributed by atoms with Gasteiger partial charge in [0.25, 0.3) is 0 Å². The third-order valence-electron chi connectivity index (χ3n) is 2.20.